The Labute approximate surface area is 124 Å². The molecular formula is C19H30O. The van der Waals surface area contributed by atoms with Crippen molar-refractivity contribution in [3.8, 4) is 0 Å². The predicted molar refractivity (Wildman–Crippen MR) is 85.7 cm³/mol. The highest BCUT2D eigenvalue weighted by Gasteiger charge is 2.27. The maximum absolute atomic E-state index is 10.4. The highest BCUT2D eigenvalue weighted by atomic mass is 16.3. The summed E-state index contributed by atoms with van der Waals surface area (Å²) in [6.45, 7) is 4.67. The lowest BCUT2D eigenvalue weighted by molar-refractivity contribution is 0.0594. The summed E-state index contributed by atoms with van der Waals surface area (Å²) in [5.41, 5.74) is 1.39. The van der Waals surface area contributed by atoms with Gasteiger partial charge < -0.3 is 5.11 Å². The maximum atomic E-state index is 10.4. The number of aliphatic hydroxyl groups is 1. The second-order valence-electron chi connectivity index (χ2n) is 6.86. The van der Waals surface area contributed by atoms with Gasteiger partial charge in [-0.2, -0.15) is 0 Å². The smallest absolute Gasteiger partial charge is 0.0568 e. The number of benzene rings is 1. The Morgan fingerprint density at radius 2 is 1.60 bits per heavy atom. The van der Waals surface area contributed by atoms with Crippen LogP contribution in [-0.4, -0.2) is 11.2 Å². The van der Waals surface area contributed by atoms with Gasteiger partial charge in [0.25, 0.3) is 0 Å². The molecule has 0 spiro atoms. The summed E-state index contributed by atoms with van der Waals surface area (Å²) in [6, 6.07) is 10.6. The highest BCUT2D eigenvalue weighted by molar-refractivity contribution is 5.14. The number of rotatable bonds is 6. The molecule has 0 heterocycles. The SMILES string of the molecule is CC(C)C1CCC(C(O)CCCc2ccccc2)CC1. The molecule has 0 radical (unpaired) electrons. The Morgan fingerprint density at radius 1 is 1.00 bits per heavy atom. The van der Waals surface area contributed by atoms with Gasteiger partial charge in [-0.15, -0.1) is 0 Å². The van der Waals surface area contributed by atoms with Crippen molar-refractivity contribution in [3.05, 3.63) is 35.9 Å². The molecule has 1 nitrogen and oxygen atoms in total. The van der Waals surface area contributed by atoms with Gasteiger partial charge in [0.1, 0.15) is 0 Å². The van der Waals surface area contributed by atoms with Crippen LogP contribution in [0.2, 0.25) is 0 Å². The molecule has 1 aromatic rings. The summed E-state index contributed by atoms with van der Waals surface area (Å²) in [4.78, 5) is 0. The third kappa shape index (κ3) is 4.63. The molecule has 0 aliphatic heterocycles. The Balaban J connectivity index is 1.67. The summed E-state index contributed by atoms with van der Waals surface area (Å²) in [7, 11) is 0. The quantitative estimate of drug-likeness (QED) is 0.787. The first-order chi connectivity index (χ1) is 9.66. The molecule has 1 fully saturated rings. The molecule has 0 amide bonds. The van der Waals surface area contributed by atoms with Crippen LogP contribution >= 0.6 is 0 Å². The first kappa shape index (κ1) is 15.6. The van der Waals surface area contributed by atoms with Crippen molar-refractivity contribution in [1.82, 2.24) is 0 Å². The number of aliphatic hydroxyl groups excluding tert-OH is 1. The minimum Gasteiger partial charge on any atom is -0.393 e. The van der Waals surface area contributed by atoms with Crippen LogP contribution in [0.5, 0.6) is 0 Å². The summed E-state index contributed by atoms with van der Waals surface area (Å²) in [6.07, 6.45) is 8.19. The van der Waals surface area contributed by atoms with Crippen molar-refractivity contribution >= 4 is 0 Å². The first-order valence-electron chi connectivity index (χ1n) is 8.39. The van der Waals surface area contributed by atoms with E-state index in [-0.39, 0.29) is 6.10 Å². The highest BCUT2D eigenvalue weighted by Crippen LogP contribution is 2.35. The summed E-state index contributed by atoms with van der Waals surface area (Å²) in [5.74, 6) is 2.26. The summed E-state index contributed by atoms with van der Waals surface area (Å²) in [5, 5.41) is 10.4. The van der Waals surface area contributed by atoms with Crippen LogP contribution in [0.3, 0.4) is 0 Å². The number of hydrogen-bond donors (Lipinski definition) is 1. The van der Waals surface area contributed by atoms with E-state index in [1.165, 1.54) is 31.2 Å². The standard InChI is InChI=1S/C19H30O/c1-15(2)17-11-13-18(14-12-17)19(20)10-6-9-16-7-4-3-5-8-16/h3-5,7-8,15,17-20H,6,9-14H2,1-2H3. The number of hydrogen-bond acceptors (Lipinski definition) is 1. The van der Waals surface area contributed by atoms with Gasteiger partial charge in [-0.25, -0.2) is 0 Å². The Kier molecular flexibility index (Phi) is 6.09. The van der Waals surface area contributed by atoms with Gasteiger partial charge in [0.2, 0.25) is 0 Å². The average Bonchev–Trinajstić information content (AvgIpc) is 2.48. The minimum atomic E-state index is -0.0770. The van der Waals surface area contributed by atoms with Gasteiger partial charge in [-0.05, 0) is 68.3 Å². The molecule has 112 valence electrons. The third-order valence-corrected chi connectivity index (χ3v) is 5.11. The zero-order chi connectivity index (χ0) is 14.4. The maximum Gasteiger partial charge on any atom is 0.0568 e. The lowest BCUT2D eigenvalue weighted by atomic mass is 9.74. The van der Waals surface area contributed by atoms with Crippen LogP contribution in [0, 0.1) is 17.8 Å². The van der Waals surface area contributed by atoms with Gasteiger partial charge in [-0.1, -0.05) is 44.2 Å². The fourth-order valence-corrected chi connectivity index (χ4v) is 3.59. The van der Waals surface area contributed by atoms with E-state index in [0.29, 0.717) is 5.92 Å². The van der Waals surface area contributed by atoms with E-state index in [4.69, 9.17) is 0 Å². The van der Waals surface area contributed by atoms with Crippen molar-refractivity contribution < 1.29 is 5.11 Å². The molecule has 1 unspecified atom stereocenters. The molecule has 20 heavy (non-hydrogen) atoms. The Morgan fingerprint density at radius 3 is 2.20 bits per heavy atom. The van der Waals surface area contributed by atoms with Crippen molar-refractivity contribution in [2.24, 2.45) is 17.8 Å². The van der Waals surface area contributed by atoms with E-state index in [1.54, 1.807) is 0 Å². The molecule has 0 bridgehead atoms. The second-order valence-corrected chi connectivity index (χ2v) is 6.86. The van der Waals surface area contributed by atoms with Crippen LogP contribution in [0.1, 0.15) is 57.9 Å². The molecule has 1 aliphatic carbocycles. The van der Waals surface area contributed by atoms with E-state index >= 15 is 0 Å². The zero-order valence-corrected chi connectivity index (χ0v) is 13.1. The van der Waals surface area contributed by atoms with Crippen molar-refractivity contribution in [2.75, 3.05) is 0 Å². The van der Waals surface area contributed by atoms with E-state index in [1.807, 2.05) is 0 Å². The molecule has 1 aromatic carbocycles. The molecule has 2 rings (SSSR count). The largest absolute Gasteiger partial charge is 0.393 e. The van der Waals surface area contributed by atoms with Gasteiger partial charge in [0, 0.05) is 0 Å². The van der Waals surface area contributed by atoms with Crippen molar-refractivity contribution in [3.63, 3.8) is 0 Å². The minimum absolute atomic E-state index is 0.0770. The van der Waals surface area contributed by atoms with Crippen LogP contribution < -0.4 is 0 Å². The average molecular weight is 274 g/mol. The van der Waals surface area contributed by atoms with Crippen molar-refractivity contribution in [1.29, 1.82) is 0 Å². The van der Waals surface area contributed by atoms with E-state index in [2.05, 4.69) is 44.2 Å². The molecule has 1 N–H and O–H groups in total. The molecular weight excluding hydrogens is 244 g/mol. The fraction of sp³-hybridized carbons (Fsp3) is 0.684. The molecule has 0 aromatic heterocycles. The van der Waals surface area contributed by atoms with Gasteiger partial charge in [-0.3, -0.25) is 0 Å². The predicted octanol–water partition coefficient (Wildman–Crippen LogP) is 4.83. The van der Waals surface area contributed by atoms with Gasteiger partial charge >= 0.3 is 0 Å². The van der Waals surface area contributed by atoms with E-state index < -0.39 is 0 Å². The first-order valence-corrected chi connectivity index (χ1v) is 8.39. The zero-order valence-electron chi connectivity index (χ0n) is 13.1. The Bertz CT molecular complexity index is 363. The van der Waals surface area contributed by atoms with Crippen LogP contribution in [0.4, 0.5) is 0 Å². The van der Waals surface area contributed by atoms with Gasteiger partial charge in [0.15, 0.2) is 0 Å². The third-order valence-electron chi connectivity index (χ3n) is 5.11. The van der Waals surface area contributed by atoms with Crippen LogP contribution in [0.25, 0.3) is 0 Å². The normalized spacial score (nSPS) is 24.8. The Hall–Kier alpha value is -0.820. The van der Waals surface area contributed by atoms with E-state index in [0.717, 1.165) is 31.1 Å². The number of aryl methyl sites for hydroxylation is 1. The molecule has 1 heteroatoms. The van der Waals surface area contributed by atoms with Crippen molar-refractivity contribution in [2.45, 2.75) is 64.9 Å². The lowest BCUT2D eigenvalue weighted by Crippen LogP contribution is -2.27. The summed E-state index contributed by atoms with van der Waals surface area (Å²) >= 11 is 0. The van der Waals surface area contributed by atoms with Gasteiger partial charge in [0.05, 0.1) is 6.10 Å². The van der Waals surface area contributed by atoms with Crippen LogP contribution in [-0.2, 0) is 6.42 Å². The summed E-state index contributed by atoms with van der Waals surface area (Å²) < 4.78 is 0. The second kappa shape index (κ2) is 7.83. The van der Waals surface area contributed by atoms with E-state index in [9.17, 15) is 5.11 Å². The lowest BCUT2D eigenvalue weighted by Gasteiger charge is -2.33. The fourth-order valence-electron chi connectivity index (χ4n) is 3.59. The molecule has 1 saturated carbocycles. The molecule has 1 aliphatic rings. The molecule has 0 saturated heterocycles. The van der Waals surface area contributed by atoms with Crippen LogP contribution in [0.15, 0.2) is 30.3 Å². The topological polar surface area (TPSA) is 20.2 Å². The monoisotopic (exact) mass is 274 g/mol. The molecule has 1 atom stereocenters.